The van der Waals surface area contributed by atoms with E-state index in [0.29, 0.717) is 17.7 Å². The summed E-state index contributed by atoms with van der Waals surface area (Å²) in [5, 5.41) is 3.42. The Morgan fingerprint density at radius 3 is 2.57 bits per heavy atom. The predicted molar refractivity (Wildman–Crippen MR) is 77.9 cm³/mol. The van der Waals surface area contributed by atoms with Crippen LogP contribution in [0.4, 0.5) is 8.78 Å². The first kappa shape index (κ1) is 16.0. The number of nitrogens with one attached hydrogen (secondary N) is 1. The van der Waals surface area contributed by atoms with Crippen LogP contribution in [-0.4, -0.2) is 20.3 Å². The highest BCUT2D eigenvalue weighted by Gasteiger charge is 2.27. The van der Waals surface area contributed by atoms with E-state index in [4.69, 9.17) is 4.74 Å². The summed E-state index contributed by atoms with van der Waals surface area (Å²) in [7, 11) is 1.44. The maximum Gasteiger partial charge on any atom is 0.387 e. The second-order valence-electron chi connectivity index (χ2n) is 5.99. The zero-order valence-electron chi connectivity index (χ0n) is 12.6. The van der Waals surface area contributed by atoms with E-state index in [1.807, 2.05) is 6.07 Å². The average molecular weight is 299 g/mol. The molecule has 0 saturated heterocycles. The van der Waals surface area contributed by atoms with E-state index < -0.39 is 6.61 Å². The van der Waals surface area contributed by atoms with E-state index in [1.54, 1.807) is 12.1 Å². The number of benzene rings is 1. The largest absolute Gasteiger partial charge is 0.493 e. The van der Waals surface area contributed by atoms with Crippen LogP contribution in [0.2, 0.25) is 0 Å². The van der Waals surface area contributed by atoms with Gasteiger partial charge in [-0.2, -0.15) is 8.78 Å². The van der Waals surface area contributed by atoms with E-state index >= 15 is 0 Å². The van der Waals surface area contributed by atoms with Crippen molar-refractivity contribution in [1.29, 1.82) is 0 Å². The van der Waals surface area contributed by atoms with E-state index in [1.165, 1.54) is 32.8 Å². The Morgan fingerprint density at radius 1 is 1.24 bits per heavy atom. The van der Waals surface area contributed by atoms with Gasteiger partial charge in [-0.15, -0.1) is 0 Å². The van der Waals surface area contributed by atoms with Gasteiger partial charge in [-0.25, -0.2) is 0 Å². The maximum atomic E-state index is 12.4. The molecule has 1 N–H and O–H groups in total. The lowest BCUT2D eigenvalue weighted by molar-refractivity contribution is -0.0512. The molecule has 0 aromatic heterocycles. The van der Waals surface area contributed by atoms with Crippen LogP contribution < -0.4 is 14.8 Å². The molecule has 5 heteroatoms. The first-order valence-electron chi connectivity index (χ1n) is 7.35. The van der Waals surface area contributed by atoms with Crippen LogP contribution >= 0.6 is 0 Å². The van der Waals surface area contributed by atoms with E-state index in [-0.39, 0.29) is 5.75 Å². The smallest absolute Gasteiger partial charge is 0.387 e. The number of hydrogen-bond donors (Lipinski definition) is 1. The van der Waals surface area contributed by atoms with E-state index in [9.17, 15) is 8.78 Å². The van der Waals surface area contributed by atoms with Gasteiger partial charge in [0.15, 0.2) is 11.5 Å². The topological polar surface area (TPSA) is 30.5 Å². The van der Waals surface area contributed by atoms with Gasteiger partial charge in [0.05, 0.1) is 7.11 Å². The standard InChI is InChI=1S/C16H23F2NO2/c1-16(7-3-4-8-16)11-19-10-12-5-6-13(20-2)14(9-12)21-15(17)18/h5-6,9,15,19H,3-4,7-8,10-11H2,1-2H3. The summed E-state index contributed by atoms with van der Waals surface area (Å²) in [5.74, 6) is 0.403. The quantitative estimate of drug-likeness (QED) is 0.826. The second kappa shape index (κ2) is 7.07. The van der Waals surface area contributed by atoms with Crippen LogP contribution in [0.15, 0.2) is 18.2 Å². The van der Waals surface area contributed by atoms with Crippen LogP contribution in [-0.2, 0) is 6.54 Å². The third kappa shape index (κ3) is 4.56. The highest BCUT2D eigenvalue weighted by Crippen LogP contribution is 2.36. The Labute approximate surface area is 124 Å². The molecule has 1 aromatic rings. The predicted octanol–water partition coefficient (Wildman–Crippen LogP) is 3.97. The van der Waals surface area contributed by atoms with Crippen molar-refractivity contribution in [2.75, 3.05) is 13.7 Å². The molecule has 3 nitrogen and oxygen atoms in total. The fourth-order valence-corrected chi connectivity index (χ4v) is 2.93. The van der Waals surface area contributed by atoms with Crippen LogP contribution in [0.5, 0.6) is 11.5 Å². The first-order valence-corrected chi connectivity index (χ1v) is 7.35. The normalized spacial score (nSPS) is 17.2. The molecule has 0 aliphatic heterocycles. The van der Waals surface area contributed by atoms with Gasteiger partial charge in [0, 0.05) is 13.1 Å². The summed E-state index contributed by atoms with van der Waals surface area (Å²) in [4.78, 5) is 0. The van der Waals surface area contributed by atoms with Gasteiger partial charge < -0.3 is 14.8 Å². The fraction of sp³-hybridized carbons (Fsp3) is 0.625. The fourth-order valence-electron chi connectivity index (χ4n) is 2.93. The molecule has 0 unspecified atom stereocenters. The minimum Gasteiger partial charge on any atom is -0.493 e. The van der Waals surface area contributed by atoms with Crippen LogP contribution in [0.1, 0.15) is 38.2 Å². The molecule has 0 amide bonds. The first-order chi connectivity index (χ1) is 10.0. The van der Waals surface area contributed by atoms with Gasteiger partial charge in [0.2, 0.25) is 0 Å². The molecule has 1 aliphatic carbocycles. The summed E-state index contributed by atoms with van der Waals surface area (Å²) in [6.07, 6.45) is 5.10. The Hall–Kier alpha value is -1.36. The molecule has 1 saturated carbocycles. The van der Waals surface area contributed by atoms with Gasteiger partial charge >= 0.3 is 6.61 Å². The van der Waals surface area contributed by atoms with Crippen molar-refractivity contribution < 1.29 is 18.3 Å². The van der Waals surface area contributed by atoms with Crippen molar-refractivity contribution in [3.05, 3.63) is 23.8 Å². The monoisotopic (exact) mass is 299 g/mol. The number of rotatable bonds is 7. The van der Waals surface area contributed by atoms with Crippen LogP contribution in [0.25, 0.3) is 0 Å². The van der Waals surface area contributed by atoms with Crippen LogP contribution in [0, 0.1) is 5.41 Å². The third-order valence-corrected chi connectivity index (χ3v) is 4.14. The lowest BCUT2D eigenvalue weighted by Gasteiger charge is -2.24. The minimum absolute atomic E-state index is 0.0823. The number of methoxy groups -OCH3 is 1. The Bertz CT molecular complexity index is 460. The highest BCUT2D eigenvalue weighted by molar-refractivity contribution is 5.42. The molecule has 21 heavy (non-hydrogen) atoms. The summed E-state index contributed by atoms with van der Waals surface area (Å²) in [6.45, 7) is 1.04. The van der Waals surface area contributed by atoms with Gasteiger partial charge in [0.1, 0.15) is 0 Å². The summed E-state index contributed by atoms with van der Waals surface area (Å²) in [5.41, 5.74) is 1.28. The van der Waals surface area contributed by atoms with E-state index in [0.717, 1.165) is 12.1 Å². The maximum absolute atomic E-state index is 12.4. The molecule has 0 bridgehead atoms. The summed E-state index contributed by atoms with van der Waals surface area (Å²) in [6, 6.07) is 5.13. The lowest BCUT2D eigenvalue weighted by atomic mass is 9.89. The molecule has 0 radical (unpaired) electrons. The molecule has 0 atom stereocenters. The van der Waals surface area contributed by atoms with Gasteiger partial charge in [0.25, 0.3) is 0 Å². The van der Waals surface area contributed by atoms with Crippen molar-refractivity contribution in [2.45, 2.75) is 45.8 Å². The molecule has 1 aromatic carbocycles. The zero-order valence-corrected chi connectivity index (χ0v) is 12.6. The second-order valence-corrected chi connectivity index (χ2v) is 5.99. The molecule has 1 aliphatic rings. The van der Waals surface area contributed by atoms with E-state index in [2.05, 4.69) is 17.0 Å². The summed E-state index contributed by atoms with van der Waals surface area (Å²) < 4.78 is 34.3. The Kier molecular flexibility index (Phi) is 5.39. The third-order valence-electron chi connectivity index (χ3n) is 4.14. The molecule has 118 valence electrons. The van der Waals surface area contributed by atoms with Crippen molar-refractivity contribution in [2.24, 2.45) is 5.41 Å². The highest BCUT2D eigenvalue weighted by atomic mass is 19.3. The summed E-state index contributed by atoms with van der Waals surface area (Å²) >= 11 is 0. The van der Waals surface area contributed by atoms with Crippen molar-refractivity contribution in [1.82, 2.24) is 5.32 Å². The van der Waals surface area contributed by atoms with Gasteiger partial charge in [-0.3, -0.25) is 0 Å². The minimum atomic E-state index is -2.85. The number of ether oxygens (including phenoxy) is 2. The molecule has 0 heterocycles. The molecule has 0 spiro atoms. The number of hydrogen-bond acceptors (Lipinski definition) is 3. The zero-order chi connectivity index (χ0) is 15.3. The Morgan fingerprint density at radius 2 is 1.95 bits per heavy atom. The average Bonchev–Trinajstić information content (AvgIpc) is 2.85. The SMILES string of the molecule is COc1ccc(CNCC2(C)CCCC2)cc1OC(F)F. The van der Waals surface area contributed by atoms with Crippen LogP contribution in [0.3, 0.4) is 0 Å². The molecule has 1 fully saturated rings. The number of halogens is 2. The number of alkyl halides is 2. The lowest BCUT2D eigenvalue weighted by Crippen LogP contribution is -2.29. The molecule has 2 rings (SSSR count). The van der Waals surface area contributed by atoms with Crippen molar-refractivity contribution in [3.63, 3.8) is 0 Å². The Balaban J connectivity index is 1.93. The molecular formula is C16H23F2NO2. The van der Waals surface area contributed by atoms with Crippen molar-refractivity contribution >= 4 is 0 Å². The van der Waals surface area contributed by atoms with Gasteiger partial charge in [-0.05, 0) is 36.0 Å². The molecular weight excluding hydrogens is 276 g/mol. The van der Waals surface area contributed by atoms with Crippen molar-refractivity contribution in [3.8, 4) is 11.5 Å². The van der Waals surface area contributed by atoms with Gasteiger partial charge in [-0.1, -0.05) is 25.8 Å².